The first-order chi connectivity index (χ1) is 16.4. The van der Waals surface area contributed by atoms with E-state index < -0.39 is 10.0 Å². The Labute approximate surface area is 210 Å². The standard InChI is InChI=1S/C27H24FN3O2S.ClH/c1-18-10-13-25(24(28)14-18)30-21-11-12-22-20(16-29-2)17-31(26(22)15-21)34(32,33)27-9-5-7-19-6-3-4-8-23(19)27;/h3-15,17,29-30H,16H2,1-2H3;1H. The van der Waals surface area contributed by atoms with Gasteiger partial charge in [0, 0.05) is 29.2 Å². The Balaban J connectivity index is 0.00000289. The topological polar surface area (TPSA) is 63.1 Å². The zero-order valence-electron chi connectivity index (χ0n) is 19.2. The quantitative estimate of drug-likeness (QED) is 0.279. The van der Waals surface area contributed by atoms with Gasteiger partial charge < -0.3 is 10.6 Å². The SMILES string of the molecule is CNCc1cn(S(=O)(=O)c2cccc3ccccc23)c2cc(Nc3ccc(C)cc3F)ccc12.Cl. The van der Waals surface area contributed by atoms with Gasteiger partial charge in [-0.15, -0.1) is 12.4 Å². The molecule has 5 rings (SSSR count). The van der Waals surface area contributed by atoms with Crippen LogP contribution in [0.3, 0.4) is 0 Å². The van der Waals surface area contributed by atoms with E-state index in [9.17, 15) is 12.8 Å². The van der Waals surface area contributed by atoms with Crippen LogP contribution in [-0.2, 0) is 16.6 Å². The molecule has 0 fully saturated rings. The molecule has 0 spiro atoms. The summed E-state index contributed by atoms with van der Waals surface area (Å²) in [7, 11) is -2.09. The molecule has 1 aromatic heterocycles. The first-order valence-corrected chi connectivity index (χ1v) is 12.4. The second-order valence-electron chi connectivity index (χ2n) is 8.30. The van der Waals surface area contributed by atoms with Crippen LogP contribution in [0.4, 0.5) is 15.8 Å². The maximum absolute atomic E-state index is 14.4. The predicted octanol–water partition coefficient (Wildman–Crippen LogP) is 6.36. The molecule has 0 aliphatic heterocycles. The highest BCUT2D eigenvalue weighted by atomic mass is 35.5. The molecule has 0 aliphatic carbocycles. The van der Waals surface area contributed by atoms with E-state index in [1.54, 1.807) is 30.5 Å². The molecular formula is C27H25ClFN3O2S. The Morgan fingerprint density at radius 1 is 0.914 bits per heavy atom. The van der Waals surface area contributed by atoms with Crippen LogP contribution >= 0.6 is 12.4 Å². The molecule has 5 nitrogen and oxygen atoms in total. The van der Waals surface area contributed by atoms with Crippen molar-refractivity contribution in [2.75, 3.05) is 12.4 Å². The summed E-state index contributed by atoms with van der Waals surface area (Å²) < 4.78 is 43.6. The van der Waals surface area contributed by atoms with E-state index in [1.165, 1.54) is 10.0 Å². The molecule has 0 radical (unpaired) electrons. The number of anilines is 2. The molecule has 0 atom stereocenters. The smallest absolute Gasteiger partial charge is 0.268 e. The highest BCUT2D eigenvalue weighted by Gasteiger charge is 2.23. The van der Waals surface area contributed by atoms with Crippen LogP contribution in [-0.4, -0.2) is 19.4 Å². The van der Waals surface area contributed by atoms with Gasteiger partial charge in [0.1, 0.15) is 5.82 Å². The molecule has 0 bridgehead atoms. The molecule has 0 aliphatic rings. The van der Waals surface area contributed by atoms with E-state index in [1.807, 2.05) is 62.5 Å². The van der Waals surface area contributed by atoms with Gasteiger partial charge in [-0.2, -0.15) is 0 Å². The van der Waals surface area contributed by atoms with E-state index in [0.717, 1.165) is 21.9 Å². The number of nitrogens with zero attached hydrogens (tertiary/aromatic N) is 1. The van der Waals surface area contributed by atoms with Gasteiger partial charge in [0.15, 0.2) is 0 Å². The van der Waals surface area contributed by atoms with Crippen LogP contribution in [0, 0.1) is 12.7 Å². The van der Waals surface area contributed by atoms with Crippen LogP contribution in [0.15, 0.2) is 90.0 Å². The number of hydrogen-bond donors (Lipinski definition) is 2. The van der Waals surface area contributed by atoms with Crippen LogP contribution in [0.2, 0.25) is 0 Å². The fraction of sp³-hybridized carbons (Fsp3) is 0.111. The average molecular weight is 510 g/mol. The van der Waals surface area contributed by atoms with E-state index in [0.29, 0.717) is 28.8 Å². The third-order valence-corrected chi connectivity index (χ3v) is 7.64. The number of fused-ring (bicyclic) bond motifs is 2. The van der Waals surface area contributed by atoms with Crippen molar-refractivity contribution < 1.29 is 12.8 Å². The Kier molecular flexibility index (Phi) is 6.85. The summed E-state index contributed by atoms with van der Waals surface area (Å²) in [6.45, 7) is 2.33. The van der Waals surface area contributed by atoms with E-state index >= 15 is 0 Å². The van der Waals surface area contributed by atoms with Crippen molar-refractivity contribution in [1.29, 1.82) is 0 Å². The number of aryl methyl sites for hydroxylation is 1. The van der Waals surface area contributed by atoms with Crippen molar-refractivity contribution in [2.45, 2.75) is 18.4 Å². The molecule has 180 valence electrons. The summed E-state index contributed by atoms with van der Waals surface area (Å²) in [5.41, 5.74) is 3.13. The average Bonchev–Trinajstić information content (AvgIpc) is 3.19. The molecule has 35 heavy (non-hydrogen) atoms. The second-order valence-corrected chi connectivity index (χ2v) is 10.1. The number of hydrogen-bond acceptors (Lipinski definition) is 4. The van der Waals surface area contributed by atoms with Gasteiger partial charge in [-0.05, 0) is 60.8 Å². The Hall–Kier alpha value is -3.39. The molecule has 0 saturated heterocycles. The molecule has 0 saturated carbocycles. The second kappa shape index (κ2) is 9.70. The van der Waals surface area contributed by atoms with Crippen molar-refractivity contribution in [2.24, 2.45) is 0 Å². The molecule has 0 amide bonds. The summed E-state index contributed by atoms with van der Waals surface area (Å²) in [6, 6.07) is 23.1. The third-order valence-electron chi connectivity index (χ3n) is 5.91. The highest BCUT2D eigenvalue weighted by molar-refractivity contribution is 7.90. The van der Waals surface area contributed by atoms with Gasteiger partial charge in [-0.3, -0.25) is 0 Å². The van der Waals surface area contributed by atoms with Crippen molar-refractivity contribution in [3.8, 4) is 0 Å². The minimum absolute atomic E-state index is 0. The lowest BCUT2D eigenvalue weighted by Gasteiger charge is -2.12. The lowest BCUT2D eigenvalue weighted by Crippen LogP contribution is -2.12. The molecular weight excluding hydrogens is 485 g/mol. The Bertz CT molecular complexity index is 1640. The van der Waals surface area contributed by atoms with Crippen LogP contribution in [0.25, 0.3) is 21.7 Å². The van der Waals surface area contributed by atoms with Crippen LogP contribution in [0.5, 0.6) is 0 Å². The van der Waals surface area contributed by atoms with Gasteiger partial charge >= 0.3 is 0 Å². The largest absolute Gasteiger partial charge is 0.353 e. The number of nitrogens with one attached hydrogen (secondary N) is 2. The van der Waals surface area contributed by atoms with E-state index in [-0.39, 0.29) is 23.1 Å². The van der Waals surface area contributed by atoms with E-state index in [2.05, 4.69) is 10.6 Å². The number of halogens is 2. The minimum Gasteiger partial charge on any atom is -0.353 e. The van der Waals surface area contributed by atoms with Crippen LogP contribution in [0.1, 0.15) is 11.1 Å². The summed E-state index contributed by atoms with van der Waals surface area (Å²) in [5, 5.41) is 8.52. The van der Waals surface area contributed by atoms with Gasteiger partial charge in [0.2, 0.25) is 0 Å². The number of benzene rings is 4. The summed E-state index contributed by atoms with van der Waals surface area (Å²) in [6.07, 6.45) is 1.66. The first kappa shape index (κ1) is 24.7. The Morgan fingerprint density at radius 2 is 1.69 bits per heavy atom. The maximum atomic E-state index is 14.4. The normalized spacial score (nSPS) is 11.5. The van der Waals surface area contributed by atoms with Crippen molar-refractivity contribution in [1.82, 2.24) is 9.29 Å². The predicted molar refractivity (Wildman–Crippen MR) is 143 cm³/mol. The zero-order valence-corrected chi connectivity index (χ0v) is 20.9. The molecule has 2 N–H and O–H groups in total. The third kappa shape index (κ3) is 4.50. The lowest BCUT2D eigenvalue weighted by atomic mass is 10.1. The minimum atomic E-state index is -3.91. The highest BCUT2D eigenvalue weighted by Crippen LogP contribution is 2.32. The summed E-state index contributed by atoms with van der Waals surface area (Å²) in [5.74, 6) is -0.366. The molecule has 1 heterocycles. The summed E-state index contributed by atoms with van der Waals surface area (Å²) in [4.78, 5) is 0.237. The van der Waals surface area contributed by atoms with Gasteiger partial charge in [0.25, 0.3) is 10.0 Å². The number of rotatable bonds is 6. The van der Waals surface area contributed by atoms with Crippen molar-refractivity contribution in [3.63, 3.8) is 0 Å². The van der Waals surface area contributed by atoms with Gasteiger partial charge in [-0.1, -0.05) is 48.5 Å². The Morgan fingerprint density at radius 3 is 2.46 bits per heavy atom. The molecule has 8 heteroatoms. The fourth-order valence-electron chi connectivity index (χ4n) is 4.28. The van der Waals surface area contributed by atoms with Gasteiger partial charge in [-0.25, -0.2) is 16.8 Å². The molecule has 5 aromatic rings. The zero-order chi connectivity index (χ0) is 23.9. The first-order valence-electron chi connectivity index (χ1n) is 10.9. The molecule has 4 aromatic carbocycles. The van der Waals surface area contributed by atoms with Gasteiger partial charge in [0.05, 0.1) is 16.1 Å². The van der Waals surface area contributed by atoms with Crippen molar-refractivity contribution >= 4 is 55.5 Å². The molecule has 0 unspecified atom stereocenters. The number of aromatic nitrogens is 1. The maximum Gasteiger partial charge on any atom is 0.268 e. The summed E-state index contributed by atoms with van der Waals surface area (Å²) >= 11 is 0. The van der Waals surface area contributed by atoms with Crippen molar-refractivity contribution in [3.05, 3.63) is 102 Å². The van der Waals surface area contributed by atoms with Crippen LogP contribution < -0.4 is 10.6 Å². The van der Waals surface area contributed by atoms with E-state index in [4.69, 9.17) is 0 Å². The fourth-order valence-corrected chi connectivity index (χ4v) is 5.88. The lowest BCUT2D eigenvalue weighted by molar-refractivity contribution is 0.589. The monoisotopic (exact) mass is 509 g/mol.